The Labute approximate surface area is 161 Å². The highest BCUT2D eigenvalue weighted by atomic mass is 32.2. The molecule has 0 aromatic heterocycles. The van der Waals surface area contributed by atoms with Gasteiger partial charge in [-0.15, -0.1) is 0 Å². The number of aliphatic imine (C=N–C) groups is 1. The number of allylic oxidation sites excluding steroid dienone is 2. The molecule has 1 aliphatic carbocycles. The van der Waals surface area contributed by atoms with E-state index in [0.29, 0.717) is 12.6 Å². The van der Waals surface area contributed by atoms with Crippen molar-refractivity contribution in [2.24, 2.45) is 4.99 Å². The zero-order valence-corrected chi connectivity index (χ0v) is 15.2. The first-order valence-corrected chi connectivity index (χ1v) is 9.78. The van der Waals surface area contributed by atoms with Crippen LogP contribution in [-0.2, 0) is 16.3 Å². The second kappa shape index (κ2) is 6.26. The van der Waals surface area contributed by atoms with Gasteiger partial charge in [0.2, 0.25) is 0 Å². The molecular weight excluding hydrogens is 423 g/mol. The van der Waals surface area contributed by atoms with E-state index in [1.54, 1.807) is 23.4 Å². The van der Waals surface area contributed by atoms with Gasteiger partial charge in [0.1, 0.15) is 17.6 Å². The smallest absolute Gasteiger partial charge is 0.457 e. The van der Waals surface area contributed by atoms with Gasteiger partial charge in [0.05, 0.1) is 11.4 Å². The average molecular weight is 436 g/mol. The number of aliphatic hydroxyl groups is 1. The predicted molar refractivity (Wildman–Crippen MR) is 90.1 cm³/mol. The van der Waals surface area contributed by atoms with Crippen LogP contribution in [0.2, 0.25) is 0 Å². The van der Waals surface area contributed by atoms with Gasteiger partial charge >= 0.3 is 5.51 Å². The first-order chi connectivity index (χ1) is 13.4. The Balaban J connectivity index is 1.82. The molecule has 1 aromatic rings. The molecule has 0 bridgehead atoms. The first kappa shape index (κ1) is 19.8. The summed E-state index contributed by atoms with van der Waals surface area (Å²) in [5.41, 5.74) is -7.20. The van der Waals surface area contributed by atoms with Crippen LogP contribution < -0.4 is 4.74 Å². The van der Waals surface area contributed by atoms with Crippen LogP contribution in [0.3, 0.4) is 0 Å². The second-order valence-corrected chi connectivity index (χ2v) is 8.57. The lowest BCUT2D eigenvalue weighted by molar-refractivity contribution is -0.0978. The van der Waals surface area contributed by atoms with E-state index in [4.69, 9.17) is 4.74 Å². The van der Waals surface area contributed by atoms with Crippen LogP contribution >= 0.6 is 0 Å². The lowest BCUT2D eigenvalue weighted by atomic mass is 10.1. The minimum atomic E-state index is -5.96. The molecule has 1 N–H and O–H groups in total. The number of halogens is 5. The molecule has 12 heteroatoms. The molecule has 0 saturated carbocycles. The predicted octanol–water partition coefficient (Wildman–Crippen LogP) is 2.71. The summed E-state index contributed by atoms with van der Waals surface area (Å²) in [6.45, 7) is 0.486. The highest BCUT2D eigenvalue weighted by Gasteiger charge is 2.55. The Hall–Kier alpha value is -2.47. The summed E-state index contributed by atoms with van der Waals surface area (Å²) >= 11 is 0. The molecule has 156 valence electrons. The fourth-order valence-corrected chi connectivity index (χ4v) is 4.48. The van der Waals surface area contributed by atoms with Crippen molar-refractivity contribution < 1.29 is 40.2 Å². The number of aliphatic hydroxyl groups excluding tert-OH is 1. The summed E-state index contributed by atoms with van der Waals surface area (Å²) < 4.78 is 96.6. The van der Waals surface area contributed by atoms with Crippen LogP contribution in [0.4, 0.5) is 22.0 Å². The molecular formula is C17H13F5N2O4S. The fraction of sp³-hybridized carbons (Fsp3) is 0.353. The number of nitrogens with zero attached hydrogens (tertiary/aromatic N) is 2. The molecule has 0 fully saturated rings. The third-order valence-corrected chi connectivity index (χ3v) is 6.37. The van der Waals surface area contributed by atoms with Crippen molar-refractivity contribution in [3.8, 4) is 5.75 Å². The van der Waals surface area contributed by atoms with Crippen molar-refractivity contribution >= 4 is 16.1 Å². The zero-order valence-electron chi connectivity index (χ0n) is 14.4. The van der Waals surface area contributed by atoms with E-state index in [9.17, 15) is 35.5 Å². The molecule has 0 radical (unpaired) electrons. The molecule has 2 unspecified atom stereocenters. The van der Waals surface area contributed by atoms with Crippen molar-refractivity contribution in [3.05, 3.63) is 47.4 Å². The number of hydrogen-bond acceptors (Lipinski definition) is 6. The van der Waals surface area contributed by atoms with Crippen LogP contribution in [0.25, 0.3) is 0 Å². The van der Waals surface area contributed by atoms with Gasteiger partial charge in [-0.1, -0.05) is 0 Å². The van der Waals surface area contributed by atoms with Crippen LogP contribution in [0.1, 0.15) is 17.2 Å². The number of ether oxygens (including phenoxy) is 1. The Morgan fingerprint density at radius 3 is 2.69 bits per heavy atom. The molecule has 0 spiro atoms. The highest BCUT2D eigenvalue weighted by Crippen LogP contribution is 2.50. The summed E-state index contributed by atoms with van der Waals surface area (Å²) in [5, 5.41) is 9.90. The lowest BCUT2D eigenvalue weighted by Crippen LogP contribution is -2.30. The van der Waals surface area contributed by atoms with Crippen molar-refractivity contribution in [2.75, 3.05) is 6.54 Å². The van der Waals surface area contributed by atoms with Crippen molar-refractivity contribution in [1.29, 1.82) is 0 Å². The molecule has 29 heavy (non-hydrogen) atoms. The summed E-state index contributed by atoms with van der Waals surface area (Å²) in [5.74, 6) is -3.89. The third kappa shape index (κ3) is 3.01. The van der Waals surface area contributed by atoms with Crippen LogP contribution in [-0.4, -0.2) is 48.8 Å². The van der Waals surface area contributed by atoms with E-state index in [1.165, 1.54) is 6.08 Å². The summed E-state index contributed by atoms with van der Waals surface area (Å²) in [6, 6.07) is 1.41. The van der Waals surface area contributed by atoms with Crippen LogP contribution in [0, 0.1) is 0 Å². The molecule has 2 heterocycles. The Morgan fingerprint density at radius 2 is 2.00 bits per heavy atom. The minimum absolute atomic E-state index is 0.222. The summed E-state index contributed by atoms with van der Waals surface area (Å²) in [4.78, 5) is 4.53. The monoisotopic (exact) mass is 436 g/mol. The standard InChI is InChI=1S/C17H13F5N2O4S/c18-16(19)8-9-10(28-11-2-1-6-24-7-5-23-15(11)24)3-4-12(13(9)14(16)25)29(26,27)17(20,21)22/h1-6,14-15,25H,7-8H2. The Kier molecular flexibility index (Phi) is 4.28. The number of sulfone groups is 1. The quantitative estimate of drug-likeness (QED) is 0.738. The maximum absolute atomic E-state index is 14.1. The number of rotatable bonds is 3. The number of benzene rings is 1. The molecule has 2 aliphatic heterocycles. The van der Waals surface area contributed by atoms with Crippen molar-refractivity contribution in [2.45, 2.75) is 35.0 Å². The molecule has 0 amide bonds. The molecule has 0 saturated heterocycles. The van der Waals surface area contributed by atoms with E-state index in [1.807, 2.05) is 0 Å². The van der Waals surface area contributed by atoms with E-state index >= 15 is 0 Å². The van der Waals surface area contributed by atoms with E-state index in [-0.39, 0.29) is 11.5 Å². The third-order valence-electron chi connectivity index (χ3n) is 4.83. The number of hydrogen-bond donors (Lipinski definition) is 1. The number of alkyl halides is 5. The average Bonchev–Trinajstić information content (AvgIpc) is 3.18. The van der Waals surface area contributed by atoms with E-state index < -0.39 is 56.0 Å². The normalized spacial score (nSPS) is 25.0. The van der Waals surface area contributed by atoms with E-state index in [2.05, 4.69) is 4.99 Å². The van der Waals surface area contributed by atoms with Gasteiger partial charge in [-0.25, -0.2) is 17.2 Å². The first-order valence-electron chi connectivity index (χ1n) is 8.30. The van der Waals surface area contributed by atoms with Crippen molar-refractivity contribution in [1.82, 2.24) is 4.90 Å². The van der Waals surface area contributed by atoms with Crippen molar-refractivity contribution in [3.63, 3.8) is 0 Å². The molecule has 1 aromatic carbocycles. The van der Waals surface area contributed by atoms with Gasteiger partial charge in [0.25, 0.3) is 15.8 Å². The fourth-order valence-electron chi connectivity index (χ4n) is 3.46. The molecule has 3 aliphatic rings. The van der Waals surface area contributed by atoms with E-state index in [0.717, 1.165) is 6.07 Å². The van der Waals surface area contributed by atoms with Gasteiger partial charge in [0, 0.05) is 30.0 Å². The van der Waals surface area contributed by atoms with Crippen LogP contribution in [0.5, 0.6) is 5.75 Å². The summed E-state index contributed by atoms with van der Waals surface area (Å²) in [6.07, 6.45) is 2.02. The Morgan fingerprint density at radius 1 is 1.28 bits per heavy atom. The SMILES string of the molecule is O=S(=O)(c1ccc(OC2=CC=CN3CC=NC23)c2c1C(O)C(F)(F)C2)C(F)(F)F. The maximum Gasteiger partial charge on any atom is 0.501 e. The largest absolute Gasteiger partial charge is 0.501 e. The van der Waals surface area contributed by atoms with Gasteiger partial charge in [-0.05, 0) is 24.3 Å². The minimum Gasteiger partial charge on any atom is -0.457 e. The highest BCUT2D eigenvalue weighted by molar-refractivity contribution is 7.92. The summed E-state index contributed by atoms with van der Waals surface area (Å²) in [7, 11) is -5.96. The molecule has 4 rings (SSSR count). The second-order valence-electron chi connectivity index (χ2n) is 6.66. The molecule has 2 atom stereocenters. The van der Waals surface area contributed by atoms with Gasteiger partial charge in [-0.3, -0.25) is 4.99 Å². The Bertz CT molecular complexity index is 1060. The maximum atomic E-state index is 14.1. The number of fused-ring (bicyclic) bond motifs is 2. The lowest BCUT2D eigenvalue weighted by Gasteiger charge is -2.26. The topological polar surface area (TPSA) is 79.2 Å². The molecule has 6 nitrogen and oxygen atoms in total. The van der Waals surface area contributed by atoms with Gasteiger partial charge in [-0.2, -0.15) is 13.2 Å². The van der Waals surface area contributed by atoms with Crippen LogP contribution in [0.15, 0.2) is 46.1 Å². The van der Waals surface area contributed by atoms with Gasteiger partial charge in [0.15, 0.2) is 6.17 Å². The van der Waals surface area contributed by atoms with Gasteiger partial charge < -0.3 is 14.7 Å². The zero-order chi connectivity index (χ0) is 21.2.